The second-order valence-electron chi connectivity index (χ2n) is 3.33. The van der Waals surface area contributed by atoms with Crippen molar-refractivity contribution in [2.24, 2.45) is 0 Å². The predicted octanol–water partition coefficient (Wildman–Crippen LogP) is 2.66. The quantitative estimate of drug-likeness (QED) is 0.528. The maximum Gasteiger partial charge on any atom is 2.00 e. The molecule has 0 fully saturated rings. The Balaban J connectivity index is 0.00000144. The number of carbonyl (C=O) groups is 1. The first kappa shape index (κ1) is 13.8. The Bertz CT molecular complexity index is 470. The van der Waals surface area contributed by atoms with Gasteiger partial charge < -0.3 is 4.90 Å². The van der Waals surface area contributed by atoms with Crippen molar-refractivity contribution < 1.29 is 38.4 Å². The standard InChI is InChI=1S/C11H7F3NO.Pd/c1-7-6-8-4-2-3-5-9(8)15(7)10(16)11(12,13)14;/h2-6H,1H2;/q-1;+2. The number of anilines is 1. The van der Waals surface area contributed by atoms with Crippen LogP contribution < -0.4 is 4.90 Å². The van der Waals surface area contributed by atoms with Crippen LogP contribution in [0.2, 0.25) is 0 Å². The molecule has 0 saturated heterocycles. The fourth-order valence-electron chi connectivity index (χ4n) is 1.58. The van der Waals surface area contributed by atoms with E-state index in [0.717, 1.165) is 0 Å². The molecule has 17 heavy (non-hydrogen) atoms. The van der Waals surface area contributed by atoms with E-state index in [4.69, 9.17) is 0 Å². The molecule has 1 aliphatic rings. The fraction of sp³-hybridized carbons (Fsp3) is 0.0909. The summed E-state index contributed by atoms with van der Waals surface area (Å²) >= 11 is 0. The molecule has 0 unspecified atom stereocenters. The van der Waals surface area contributed by atoms with Gasteiger partial charge >= 0.3 is 32.5 Å². The van der Waals surface area contributed by atoms with Crippen LogP contribution in [0.25, 0.3) is 0 Å². The van der Waals surface area contributed by atoms with Gasteiger partial charge in [0.2, 0.25) is 0 Å². The molecule has 1 aromatic carbocycles. The van der Waals surface area contributed by atoms with Crippen LogP contribution in [-0.2, 0) is 25.2 Å². The van der Waals surface area contributed by atoms with E-state index >= 15 is 0 Å². The van der Waals surface area contributed by atoms with Crippen molar-refractivity contribution in [2.75, 3.05) is 4.90 Å². The number of benzene rings is 1. The second kappa shape index (κ2) is 4.55. The Hall–Kier alpha value is -1.25. The number of hydrogen-bond acceptors (Lipinski definition) is 1. The summed E-state index contributed by atoms with van der Waals surface area (Å²) in [6, 6.07) is 6.34. The van der Waals surface area contributed by atoms with Gasteiger partial charge in [0.1, 0.15) is 0 Å². The van der Waals surface area contributed by atoms with Crippen LogP contribution in [0.15, 0.2) is 36.5 Å². The minimum Gasteiger partial charge on any atom is -0.331 e. The second-order valence-corrected chi connectivity index (χ2v) is 3.33. The summed E-state index contributed by atoms with van der Waals surface area (Å²) in [4.78, 5) is 11.7. The van der Waals surface area contributed by atoms with Gasteiger partial charge in [-0.1, -0.05) is 12.1 Å². The third kappa shape index (κ3) is 2.38. The van der Waals surface area contributed by atoms with Gasteiger partial charge in [-0.25, -0.2) is 0 Å². The topological polar surface area (TPSA) is 20.3 Å². The summed E-state index contributed by atoms with van der Waals surface area (Å²) in [5.41, 5.74) is 0.809. The molecule has 1 amide bonds. The SMILES string of the molecule is C=C1[CH-]c2ccccc2N1C(=O)C(F)(F)F.[Pd+2]. The van der Waals surface area contributed by atoms with E-state index in [0.29, 0.717) is 10.5 Å². The van der Waals surface area contributed by atoms with Gasteiger partial charge in [0.05, 0.1) is 0 Å². The van der Waals surface area contributed by atoms with Crippen molar-refractivity contribution >= 4 is 11.6 Å². The molecule has 1 aromatic rings. The van der Waals surface area contributed by atoms with E-state index in [9.17, 15) is 18.0 Å². The first-order valence-corrected chi connectivity index (χ1v) is 4.45. The van der Waals surface area contributed by atoms with Crippen LogP contribution in [0.3, 0.4) is 0 Å². The van der Waals surface area contributed by atoms with E-state index in [1.807, 2.05) is 0 Å². The first-order valence-electron chi connectivity index (χ1n) is 4.45. The van der Waals surface area contributed by atoms with Gasteiger partial charge in [-0.15, -0.1) is 30.7 Å². The Morgan fingerprint density at radius 1 is 1.29 bits per heavy atom. The van der Waals surface area contributed by atoms with E-state index < -0.39 is 12.1 Å². The molecule has 2 nitrogen and oxygen atoms in total. The molecule has 0 atom stereocenters. The number of carbonyl (C=O) groups excluding carboxylic acids is 1. The number of rotatable bonds is 0. The van der Waals surface area contributed by atoms with Crippen LogP contribution in [0.4, 0.5) is 18.9 Å². The maximum atomic E-state index is 12.3. The molecule has 6 heteroatoms. The molecular weight excluding hydrogens is 326 g/mol. The Morgan fingerprint density at radius 2 is 1.88 bits per heavy atom. The van der Waals surface area contributed by atoms with Crippen LogP contribution in [-0.4, -0.2) is 12.1 Å². The number of amides is 1. The van der Waals surface area contributed by atoms with Crippen LogP contribution >= 0.6 is 0 Å². The van der Waals surface area contributed by atoms with Crippen LogP contribution in [0, 0.1) is 6.42 Å². The van der Waals surface area contributed by atoms with Crippen molar-refractivity contribution in [3.8, 4) is 0 Å². The molecule has 0 N–H and O–H groups in total. The van der Waals surface area contributed by atoms with Gasteiger partial charge in [0, 0.05) is 0 Å². The number of halogens is 3. The van der Waals surface area contributed by atoms with Crippen molar-refractivity contribution in [1.82, 2.24) is 0 Å². The Labute approximate surface area is 110 Å². The molecule has 1 aliphatic heterocycles. The molecular formula is C11H7F3NOPd+. The minimum absolute atomic E-state index is 0. The number of fused-ring (bicyclic) bond motifs is 1. The van der Waals surface area contributed by atoms with Gasteiger partial charge in [-0.05, 0) is 11.4 Å². The zero-order valence-electron chi connectivity index (χ0n) is 8.40. The molecule has 92 valence electrons. The molecule has 0 aromatic heterocycles. The van der Waals surface area contributed by atoms with Gasteiger partial charge in [0.25, 0.3) is 0 Å². The number of hydrogen-bond donors (Lipinski definition) is 0. The summed E-state index contributed by atoms with van der Waals surface area (Å²) < 4.78 is 37.0. The van der Waals surface area contributed by atoms with E-state index in [1.165, 1.54) is 12.5 Å². The maximum absolute atomic E-state index is 12.3. The number of nitrogens with zero attached hydrogens (tertiary/aromatic N) is 1. The number of alkyl halides is 3. The monoisotopic (exact) mass is 332 g/mol. The zero-order chi connectivity index (χ0) is 11.9. The molecule has 0 spiro atoms. The fourth-order valence-corrected chi connectivity index (χ4v) is 1.58. The molecule has 0 saturated carbocycles. The normalized spacial score (nSPS) is 13.8. The predicted molar refractivity (Wildman–Crippen MR) is 52.5 cm³/mol. The third-order valence-electron chi connectivity index (χ3n) is 2.23. The summed E-state index contributed by atoms with van der Waals surface area (Å²) in [6.45, 7) is 3.43. The van der Waals surface area contributed by atoms with Crippen molar-refractivity contribution in [1.29, 1.82) is 0 Å². The largest absolute Gasteiger partial charge is 2.00 e. The number of allylic oxidation sites excluding steroid dienone is 1. The summed E-state index contributed by atoms with van der Waals surface area (Å²) in [5.74, 6) is -1.92. The molecule has 2 rings (SSSR count). The van der Waals surface area contributed by atoms with Crippen LogP contribution in [0.5, 0.6) is 0 Å². The van der Waals surface area contributed by atoms with E-state index in [-0.39, 0.29) is 31.8 Å². The van der Waals surface area contributed by atoms with Gasteiger partial charge in [0.15, 0.2) is 0 Å². The summed E-state index contributed by atoms with van der Waals surface area (Å²) in [7, 11) is 0. The summed E-state index contributed by atoms with van der Waals surface area (Å²) in [6.07, 6.45) is -3.45. The first-order chi connectivity index (χ1) is 7.41. The third-order valence-corrected chi connectivity index (χ3v) is 2.23. The Kier molecular flexibility index (Phi) is 3.70. The summed E-state index contributed by atoms with van der Waals surface area (Å²) in [5, 5.41) is 0. The van der Waals surface area contributed by atoms with E-state index in [1.54, 1.807) is 18.2 Å². The number of para-hydroxylation sites is 1. The van der Waals surface area contributed by atoms with E-state index in [2.05, 4.69) is 6.58 Å². The minimum atomic E-state index is -4.89. The molecule has 1 heterocycles. The van der Waals surface area contributed by atoms with Crippen molar-refractivity contribution in [2.45, 2.75) is 6.18 Å². The van der Waals surface area contributed by atoms with Crippen LogP contribution in [0.1, 0.15) is 5.56 Å². The van der Waals surface area contributed by atoms with Gasteiger partial charge in [-0.2, -0.15) is 13.2 Å². The molecule has 0 bridgehead atoms. The Morgan fingerprint density at radius 3 is 2.47 bits per heavy atom. The molecule has 0 radical (unpaired) electrons. The van der Waals surface area contributed by atoms with Crippen molar-refractivity contribution in [3.63, 3.8) is 0 Å². The molecule has 0 aliphatic carbocycles. The average Bonchev–Trinajstić information content (AvgIpc) is 2.51. The van der Waals surface area contributed by atoms with Crippen molar-refractivity contribution in [3.05, 3.63) is 48.5 Å². The van der Waals surface area contributed by atoms with Gasteiger partial charge in [-0.3, -0.25) is 4.79 Å². The zero-order valence-corrected chi connectivity index (χ0v) is 9.95. The smallest absolute Gasteiger partial charge is 0.331 e. The average molecular weight is 333 g/mol.